The monoisotopic (exact) mass is 247 g/mol. The number of fused-ring (bicyclic) bond motifs is 1. The molecule has 2 rings (SSSR count). The van der Waals surface area contributed by atoms with Crippen molar-refractivity contribution in [2.24, 2.45) is 0 Å². The number of nitrogens with zero attached hydrogens (tertiary/aromatic N) is 1. The molecular formula is C12H16F3NO. The van der Waals surface area contributed by atoms with Crippen molar-refractivity contribution in [3.05, 3.63) is 23.5 Å². The maximum Gasteiger partial charge on any atom is 0.389 e. The van der Waals surface area contributed by atoms with E-state index in [-0.39, 0.29) is 6.42 Å². The van der Waals surface area contributed by atoms with Crippen molar-refractivity contribution in [3.8, 4) is 0 Å². The van der Waals surface area contributed by atoms with E-state index < -0.39 is 18.7 Å². The zero-order valence-corrected chi connectivity index (χ0v) is 9.50. The average Bonchev–Trinajstić information content (AvgIpc) is 2.60. The summed E-state index contributed by atoms with van der Waals surface area (Å²) in [5.41, 5.74) is 1.97. The van der Waals surface area contributed by atoms with Crippen LogP contribution in [0.1, 0.15) is 42.9 Å². The number of rotatable bonds is 3. The maximum absolute atomic E-state index is 12.0. The molecule has 0 amide bonds. The fourth-order valence-electron chi connectivity index (χ4n) is 2.32. The van der Waals surface area contributed by atoms with Crippen molar-refractivity contribution >= 4 is 0 Å². The number of hydrogen-bond donors (Lipinski definition) is 1. The minimum Gasteiger partial charge on any atom is -0.388 e. The molecule has 0 radical (unpaired) electrons. The highest BCUT2D eigenvalue weighted by atomic mass is 19.4. The number of hydrogen-bond acceptors (Lipinski definition) is 1. The smallest absolute Gasteiger partial charge is 0.388 e. The van der Waals surface area contributed by atoms with Crippen LogP contribution in [-0.4, -0.2) is 15.8 Å². The van der Waals surface area contributed by atoms with Gasteiger partial charge in [0, 0.05) is 30.9 Å². The summed E-state index contributed by atoms with van der Waals surface area (Å²) in [5.74, 6) is 0. The van der Waals surface area contributed by atoms with Crippen LogP contribution < -0.4 is 0 Å². The summed E-state index contributed by atoms with van der Waals surface area (Å²) in [7, 11) is 0. The fourth-order valence-corrected chi connectivity index (χ4v) is 2.32. The minimum absolute atomic E-state index is 0.0904. The molecule has 1 N–H and O–H groups in total. The third-order valence-corrected chi connectivity index (χ3v) is 3.16. The lowest BCUT2D eigenvalue weighted by Crippen LogP contribution is -2.08. The van der Waals surface area contributed by atoms with Crippen molar-refractivity contribution in [1.29, 1.82) is 0 Å². The number of alkyl halides is 3. The Kier molecular flexibility index (Phi) is 3.47. The van der Waals surface area contributed by atoms with Crippen LogP contribution in [0, 0.1) is 0 Å². The van der Waals surface area contributed by atoms with Crippen LogP contribution in [-0.2, 0) is 13.0 Å². The van der Waals surface area contributed by atoms with Crippen LogP contribution in [0.4, 0.5) is 13.2 Å². The predicted octanol–water partition coefficient (Wildman–Crippen LogP) is 3.20. The Hall–Kier alpha value is -0.970. The average molecular weight is 247 g/mol. The molecule has 1 heterocycles. The maximum atomic E-state index is 12.0. The topological polar surface area (TPSA) is 25.2 Å². The van der Waals surface area contributed by atoms with Crippen LogP contribution in [0.25, 0.3) is 0 Å². The first-order valence-corrected chi connectivity index (χ1v) is 5.89. The summed E-state index contributed by atoms with van der Waals surface area (Å²) in [5, 5.41) is 9.74. The predicted molar refractivity (Wildman–Crippen MR) is 57.6 cm³/mol. The molecule has 0 saturated heterocycles. The molecule has 1 aromatic heterocycles. The van der Waals surface area contributed by atoms with Gasteiger partial charge in [0.05, 0.1) is 6.10 Å². The second-order valence-corrected chi connectivity index (χ2v) is 4.60. The number of halogens is 3. The molecule has 17 heavy (non-hydrogen) atoms. The van der Waals surface area contributed by atoms with E-state index in [1.54, 1.807) is 10.8 Å². The molecule has 5 heteroatoms. The SMILES string of the molecule is OC1CCCc2cn(CCCC(F)(F)F)cc21. The van der Waals surface area contributed by atoms with Gasteiger partial charge < -0.3 is 9.67 Å². The van der Waals surface area contributed by atoms with Crippen molar-refractivity contribution < 1.29 is 18.3 Å². The molecule has 2 nitrogen and oxygen atoms in total. The van der Waals surface area contributed by atoms with Crippen LogP contribution in [0.5, 0.6) is 0 Å². The van der Waals surface area contributed by atoms with E-state index in [9.17, 15) is 18.3 Å². The zero-order chi connectivity index (χ0) is 12.5. The minimum atomic E-state index is -4.08. The van der Waals surface area contributed by atoms with Crippen LogP contribution in [0.2, 0.25) is 0 Å². The van der Waals surface area contributed by atoms with Crippen molar-refractivity contribution in [1.82, 2.24) is 4.57 Å². The molecule has 0 bridgehead atoms. The van der Waals surface area contributed by atoms with Gasteiger partial charge >= 0.3 is 6.18 Å². The highest BCUT2D eigenvalue weighted by Crippen LogP contribution is 2.30. The van der Waals surface area contributed by atoms with E-state index in [1.807, 2.05) is 6.20 Å². The highest BCUT2D eigenvalue weighted by Gasteiger charge is 2.26. The van der Waals surface area contributed by atoms with E-state index in [2.05, 4.69) is 0 Å². The Labute approximate surface area is 98.1 Å². The van der Waals surface area contributed by atoms with Gasteiger partial charge in [-0.3, -0.25) is 0 Å². The quantitative estimate of drug-likeness (QED) is 0.871. The Morgan fingerprint density at radius 2 is 2.12 bits per heavy atom. The molecule has 1 unspecified atom stereocenters. The summed E-state index contributed by atoms with van der Waals surface area (Å²) >= 11 is 0. The van der Waals surface area contributed by atoms with Crippen LogP contribution >= 0.6 is 0 Å². The number of aliphatic hydroxyl groups is 1. The van der Waals surface area contributed by atoms with Gasteiger partial charge in [0.2, 0.25) is 0 Å². The molecule has 0 aliphatic heterocycles. The highest BCUT2D eigenvalue weighted by molar-refractivity contribution is 5.28. The van der Waals surface area contributed by atoms with Crippen molar-refractivity contribution in [2.75, 3.05) is 0 Å². The lowest BCUT2D eigenvalue weighted by Gasteiger charge is -2.16. The van der Waals surface area contributed by atoms with Crippen LogP contribution in [0.15, 0.2) is 12.4 Å². The van der Waals surface area contributed by atoms with E-state index in [0.717, 1.165) is 30.4 Å². The van der Waals surface area contributed by atoms with E-state index in [4.69, 9.17) is 0 Å². The Morgan fingerprint density at radius 3 is 2.76 bits per heavy atom. The van der Waals surface area contributed by atoms with Gasteiger partial charge in [-0.05, 0) is 31.2 Å². The Bertz CT molecular complexity index is 384. The first-order chi connectivity index (χ1) is 7.96. The molecule has 1 atom stereocenters. The zero-order valence-electron chi connectivity index (χ0n) is 9.50. The summed E-state index contributed by atoms with van der Waals surface area (Å²) in [4.78, 5) is 0. The molecule has 1 aromatic rings. The second kappa shape index (κ2) is 4.72. The van der Waals surface area contributed by atoms with E-state index >= 15 is 0 Å². The molecule has 1 aliphatic rings. The summed E-state index contributed by atoms with van der Waals surface area (Å²) in [6, 6.07) is 0. The van der Waals surface area contributed by atoms with Gasteiger partial charge in [-0.25, -0.2) is 0 Å². The Morgan fingerprint density at radius 1 is 1.35 bits per heavy atom. The largest absolute Gasteiger partial charge is 0.389 e. The van der Waals surface area contributed by atoms with Gasteiger partial charge in [-0.15, -0.1) is 0 Å². The number of aliphatic hydroxyl groups excluding tert-OH is 1. The lowest BCUT2D eigenvalue weighted by molar-refractivity contribution is -0.135. The molecule has 96 valence electrons. The molecule has 0 spiro atoms. The second-order valence-electron chi connectivity index (χ2n) is 4.60. The van der Waals surface area contributed by atoms with E-state index in [0.29, 0.717) is 6.54 Å². The molecule has 0 saturated carbocycles. The first kappa shape index (κ1) is 12.5. The molecular weight excluding hydrogens is 231 g/mol. The van der Waals surface area contributed by atoms with Gasteiger partial charge in [-0.2, -0.15) is 13.2 Å². The first-order valence-electron chi connectivity index (χ1n) is 5.89. The third-order valence-electron chi connectivity index (χ3n) is 3.16. The van der Waals surface area contributed by atoms with Crippen LogP contribution in [0.3, 0.4) is 0 Å². The fraction of sp³-hybridized carbons (Fsp3) is 0.667. The summed E-state index contributed by atoms with van der Waals surface area (Å²) in [6.07, 6.45) is 1.09. The lowest BCUT2D eigenvalue weighted by atomic mass is 9.93. The standard InChI is InChI=1S/C12H16F3NO/c13-12(14,15)5-2-6-16-7-9-3-1-4-11(17)10(9)8-16/h7-8,11,17H,1-6H2. The summed E-state index contributed by atoms with van der Waals surface area (Å²) in [6.45, 7) is 0.360. The van der Waals surface area contributed by atoms with Crippen molar-refractivity contribution in [3.63, 3.8) is 0 Å². The molecule has 0 aromatic carbocycles. The molecule has 1 aliphatic carbocycles. The number of aromatic nitrogens is 1. The van der Waals surface area contributed by atoms with Gasteiger partial charge in [0.15, 0.2) is 0 Å². The number of aryl methyl sites for hydroxylation is 2. The van der Waals surface area contributed by atoms with Crippen molar-refractivity contribution in [2.45, 2.75) is 50.9 Å². The van der Waals surface area contributed by atoms with Gasteiger partial charge in [0.1, 0.15) is 0 Å². The van der Waals surface area contributed by atoms with Gasteiger partial charge in [0.25, 0.3) is 0 Å². The summed E-state index contributed by atoms with van der Waals surface area (Å²) < 4.78 is 37.8. The molecule has 0 fully saturated rings. The van der Waals surface area contributed by atoms with E-state index in [1.165, 1.54) is 0 Å². The normalized spacial score (nSPS) is 20.4. The third kappa shape index (κ3) is 3.25. The van der Waals surface area contributed by atoms with Gasteiger partial charge in [-0.1, -0.05) is 0 Å². The Balaban J connectivity index is 1.94.